The van der Waals surface area contributed by atoms with E-state index < -0.39 is 5.97 Å². The molecule has 116 valence electrons. The van der Waals surface area contributed by atoms with Gasteiger partial charge in [-0.25, -0.2) is 0 Å². The average molecular weight is 300 g/mol. The number of carbonyl (C=O) groups is 2. The van der Waals surface area contributed by atoms with E-state index in [1.165, 1.54) is 10.9 Å². The number of fused-ring (bicyclic) bond motifs is 1. The Hall–Kier alpha value is -2.30. The number of carboxylic acids is 1. The second-order valence-corrected chi connectivity index (χ2v) is 6.13. The fraction of sp³-hybridized carbons (Fsp3) is 0.412. The van der Waals surface area contributed by atoms with Crippen LogP contribution < -0.4 is 5.32 Å². The van der Waals surface area contributed by atoms with Crippen molar-refractivity contribution in [3.8, 4) is 0 Å². The zero-order chi connectivity index (χ0) is 15.7. The summed E-state index contributed by atoms with van der Waals surface area (Å²) in [6, 6.07) is 6.26. The summed E-state index contributed by atoms with van der Waals surface area (Å²) in [5.41, 5.74) is 3.43. The molecule has 5 nitrogen and oxygen atoms in total. The number of aryl methyl sites for hydroxylation is 2. The quantitative estimate of drug-likeness (QED) is 0.793. The molecule has 0 radical (unpaired) electrons. The molecule has 1 aromatic heterocycles. The van der Waals surface area contributed by atoms with Crippen molar-refractivity contribution in [3.63, 3.8) is 0 Å². The molecule has 1 amide bonds. The Morgan fingerprint density at radius 3 is 2.86 bits per heavy atom. The highest BCUT2D eigenvalue weighted by molar-refractivity contribution is 5.85. The lowest BCUT2D eigenvalue weighted by molar-refractivity contribution is -0.146. The molecule has 1 heterocycles. The van der Waals surface area contributed by atoms with Crippen LogP contribution in [0.5, 0.6) is 0 Å². The number of nitrogens with one attached hydrogen (secondary N) is 2. The molecule has 0 spiro atoms. The third-order valence-corrected chi connectivity index (χ3v) is 4.40. The Kier molecular flexibility index (Phi) is 3.88. The van der Waals surface area contributed by atoms with E-state index in [1.807, 2.05) is 6.20 Å². The van der Waals surface area contributed by atoms with Gasteiger partial charge < -0.3 is 15.4 Å². The predicted octanol–water partition coefficient (Wildman–Crippen LogP) is 2.39. The first-order valence-electron chi connectivity index (χ1n) is 7.61. The number of carboxylic acid groups (broad SMARTS) is 1. The van der Waals surface area contributed by atoms with Gasteiger partial charge in [-0.15, -0.1) is 0 Å². The first-order chi connectivity index (χ1) is 10.5. The number of aromatic amines is 1. The molecule has 1 saturated carbocycles. The zero-order valence-corrected chi connectivity index (χ0v) is 12.6. The van der Waals surface area contributed by atoms with E-state index in [9.17, 15) is 9.59 Å². The maximum Gasteiger partial charge on any atom is 0.306 e. The molecule has 3 N–H and O–H groups in total. The largest absolute Gasteiger partial charge is 0.481 e. The van der Waals surface area contributed by atoms with Gasteiger partial charge >= 0.3 is 5.97 Å². The molecule has 1 aromatic carbocycles. The molecule has 1 fully saturated rings. The summed E-state index contributed by atoms with van der Waals surface area (Å²) in [7, 11) is 0. The molecule has 0 atom stereocenters. The summed E-state index contributed by atoms with van der Waals surface area (Å²) in [6.45, 7) is 2.05. The Bertz CT molecular complexity index is 714. The lowest BCUT2D eigenvalue weighted by atomic mass is 9.80. The Morgan fingerprint density at radius 2 is 2.14 bits per heavy atom. The van der Waals surface area contributed by atoms with Gasteiger partial charge in [0.05, 0.1) is 5.92 Å². The Labute approximate surface area is 128 Å². The second kappa shape index (κ2) is 5.83. The summed E-state index contributed by atoms with van der Waals surface area (Å²) < 4.78 is 0. The van der Waals surface area contributed by atoms with Gasteiger partial charge in [-0.2, -0.15) is 0 Å². The van der Waals surface area contributed by atoms with E-state index in [0.717, 1.165) is 11.1 Å². The maximum atomic E-state index is 12.0. The van der Waals surface area contributed by atoms with Crippen molar-refractivity contribution >= 4 is 22.8 Å². The smallest absolute Gasteiger partial charge is 0.306 e. The topological polar surface area (TPSA) is 82.2 Å². The van der Waals surface area contributed by atoms with E-state index in [1.54, 1.807) is 0 Å². The second-order valence-electron chi connectivity index (χ2n) is 6.13. The van der Waals surface area contributed by atoms with Crippen LogP contribution in [-0.4, -0.2) is 28.0 Å². The molecule has 2 aromatic rings. The van der Waals surface area contributed by atoms with Gasteiger partial charge in [0.15, 0.2) is 0 Å². The van der Waals surface area contributed by atoms with Crippen LogP contribution in [0.25, 0.3) is 10.9 Å². The molecular weight excluding hydrogens is 280 g/mol. The zero-order valence-electron chi connectivity index (χ0n) is 12.6. The number of hydrogen-bond acceptors (Lipinski definition) is 2. The number of aliphatic carboxylic acids is 1. The molecule has 0 aliphatic heterocycles. The fourth-order valence-electron chi connectivity index (χ4n) is 2.98. The van der Waals surface area contributed by atoms with Gasteiger partial charge in [0.2, 0.25) is 5.91 Å². The predicted molar refractivity (Wildman–Crippen MR) is 83.6 cm³/mol. The first kappa shape index (κ1) is 14.6. The van der Waals surface area contributed by atoms with Crippen molar-refractivity contribution in [2.24, 2.45) is 5.92 Å². The lowest BCUT2D eigenvalue weighted by Gasteiger charge is -2.32. The van der Waals surface area contributed by atoms with Crippen LogP contribution >= 0.6 is 0 Å². The van der Waals surface area contributed by atoms with Crippen molar-refractivity contribution in [3.05, 3.63) is 35.5 Å². The minimum absolute atomic E-state index is 0.00385. The van der Waals surface area contributed by atoms with Crippen molar-refractivity contribution in [2.45, 2.75) is 38.6 Å². The highest BCUT2D eigenvalue weighted by atomic mass is 16.4. The molecule has 0 unspecified atom stereocenters. The fourth-order valence-corrected chi connectivity index (χ4v) is 2.98. The number of amides is 1. The summed E-state index contributed by atoms with van der Waals surface area (Å²) in [5.74, 6) is -1.06. The Balaban J connectivity index is 1.52. The van der Waals surface area contributed by atoms with Gasteiger partial charge in [0.25, 0.3) is 0 Å². The normalized spacial score (nSPS) is 20.6. The minimum atomic E-state index is -0.764. The van der Waals surface area contributed by atoms with Gasteiger partial charge in [-0.3, -0.25) is 9.59 Å². The van der Waals surface area contributed by atoms with E-state index >= 15 is 0 Å². The number of H-pyrrole nitrogens is 1. The molecule has 22 heavy (non-hydrogen) atoms. The van der Waals surface area contributed by atoms with Crippen molar-refractivity contribution < 1.29 is 14.7 Å². The van der Waals surface area contributed by atoms with Crippen molar-refractivity contribution in [1.82, 2.24) is 10.3 Å². The third-order valence-electron chi connectivity index (χ3n) is 4.40. The molecular formula is C17H20N2O3. The van der Waals surface area contributed by atoms with Gasteiger partial charge in [-0.1, -0.05) is 11.6 Å². The number of carbonyl (C=O) groups excluding carboxylic acids is 1. The number of benzene rings is 1. The summed E-state index contributed by atoms with van der Waals surface area (Å²) in [4.78, 5) is 25.9. The van der Waals surface area contributed by atoms with Gasteiger partial charge in [-0.05, 0) is 43.9 Å². The first-order valence-corrected chi connectivity index (χ1v) is 7.61. The maximum absolute atomic E-state index is 12.0. The third kappa shape index (κ3) is 2.98. The van der Waals surface area contributed by atoms with Gasteiger partial charge in [0.1, 0.15) is 0 Å². The van der Waals surface area contributed by atoms with Crippen molar-refractivity contribution in [2.75, 3.05) is 0 Å². The van der Waals surface area contributed by atoms with E-state index in [0.29, 0.717) is 25.7 Å². The van der Waals surface area contributed by atoms with E-state index in [4.69, 9.17) is 5.11 Å². The van der Waals surface area contributed by atoms with E-state index in [-0.39, 0.29) is 17.9 Å². The summed E-state index contributed by atoms with van der Waals surface area (Å²) in [6.07, 6.45) is 4.17. The highest BCUT2D eigenvalue weighted by Gasteiger charge is 2.35. The molecule has 0 bridgehead atoms. The van der Waals surface area contributed by atoms with Crippen LogP contribution in [0.15, 0.2) is 24.4 Å². The standard InChI is InChI=1S/C17H20N2O3/c1-10-2-4-15-14(6-10)11(9-18-15)3-5-16(20)19-13-7-12(8-13)17(21)22/h2,4,6,9,12-13,18H,3,5,7-8H2,1H3,(H,19,20)(H,21,22). The summed E-state index contributed by atoms with van der Waals surface area (Å²) >= 11 is 0. The van der Waals surface area contributed by atoms with Crippen LogP contribution in [0.2, 0.25) is 0 Å². The van der Waals surface area contributed by atoms with E-state index in [2.05, 4.69) is 35.4 Å². The Morgan fingerprint density at radius 1 is 1.36 bits per heavy atom. The van der Waals surface area contributed by atoms with Gasteiger partial charge in [0, 0.05) is 29.6 Å². The molecule has 1 aliphatic carbocycles. The van der Waals surface area contributed by atoms with Crippen LogP contribution in [0.3, 0.4) is 0 Å². The molecule has 5 heteroatoms. The SMILES string of the molecule is Cc1ccc2[nH]cc(CCC(=O)NC3CC(C(=O)O)C3)c2c1. The minimum Gasteiger partial charge on any atom is -0.481 e. The molecule has 1 aliphatic rings. The molecule has 0 saturated heterocycles. The average Bonchev–Trinajstić information content (AvgIpc) is 2.82. The monoisotopic (exact) mass is 300 g/mol. The number of aromatic nitrogens is 1. The highest BCUT2D eigenvalue weighted by Crippen LogP contribution is 2.27. The van der Waals surface area contributed by atoms with Crippen LogP contribution in [0.1, 0.15) is 30.4 Å². The summed E-state index contributed by atoms with van der Waals surface area (Å²) in [5, 5.41) is 12.9. The van der Waals surface area contributed by atoms with Crippen LogP contribution in [0, 0.1) is 12.8 Å². The van der Waals surface area contributed by atoms with Crippen molar-refractivity contribution in [1.29, 1.82) is 0 Å². The number of hydrogen-bond donors (Lipinski definition) is 3. The molecule has 3 rings (SSSR count). The lowest BCUT2D eigenvalue weighted by Crippen LogP contribution is -2.46. The number of rotatable bonds is 5. The van der Waals surface area contributed by atoms with Crippen LogP contribution in [0.4, 0.5) is 0 Å². The van der Waals surface area contributed by atoms with Crippen LogP contribution in [-0.2, 0) is 16.0 Å².